The van der Waals surface area contributed by atoms with Gasteiger partial charge in [0.1, 0.15) is 23.1 Å². The average molecular weight is 994 g/mol. The maximum Gasteiger partial charge on any atom is 0.293 e. The molecule has 6 aliphatic rings. The lowest BCUT2D eigenvalue weighted by Gasteiger charge is -2.56. The molecule has 374 valence electrons. The molecule has 17 nitrogen and oxygen atoms in total. The molecule has 72 heavy (non-hydrogen) atoms. The first kappa shape index (κ1) is 46.5. The van der Waals surface area contributed by atoms with Crippen molar-refractivity contribution in [3.63, 3.8) is 0 Å². The van der Waals surface area contributed by atoms with Crippen molar-refractivity contribution in [1.82, 2.24) is 24.6 Å². The minimum Gasteiger partial charge on any atom is -0.468 e. The van der Waals surface area contributed by atoms with Crippen molar-refractivity contribution in [2.45, 2.75) is 87.4 Å². The molecule has 1 aliphatic carbocycles. The number of nitro benzene ring substituents is 1. The van der Waals surface area contributed by atoms with Crippen molar-refractivity contribution in [3.8, 4) is 17.1 Å². The Balaban J connectivity index is 0.807. The Morgan fingerprint density at radius 2 is 1.74 bits per heavy atom. The number of nitrogens with one attached hydrogen (secondary N) is 3. The fourth-order valence-corrected chi connectivity index (χ4v) is 13.3. The molecule has 0 unspecified atom stereocenters. The Morgan fingerprint density at radius 3 is 2.56 bits per heavy atom. The van der Waals surface area contributed by atoms with Crippen LogP contribution in [0.3, 0.4) is 0 Å². The van der Waals surface area contributed by atoms with Crippen molar-refractivity contribution in [3.05, 3.63) is 124 Å². The fraction of sp³-hybridized carbons (Fsp3) is 0.426. The summed E-state index contributed by atoms with van der Waals surface area (Å²) in [6.07, 6.45) is 9.75. The maximum absolute atomic E-state index is 14.6. The number of hydrogen-bond acceptors (Lipinski definition) is 14. The number of aromatic nitrogens is 3. The molecule has 5 aliphatic heterocycles. The number of fused-ring (bicyclic) bond motifs is 3. The SMILES string of the molecule is Cc1cccc(-c2ccccc2[C@@H]2CCCN2C2CC3(CCN(c4ccc(C(=O)NS(=O)(=O)c5ccc(NCC6CCOCC6)c([N+](=O)[O-])c5)c(N5c6cc7cc[nH]c7nc6O[C@@H]6COC[C@H]65)c4)CC3)C2)n1. The van der Waals surface area contributed by atoms with E-state index in [2.05, 4.69) is 61.2 Å². The summed E-state index contributed by atoms with van der Waals surface area (Å²) in [5.74, 6) is -0.241. The van der Waals surface area contributed by atoms with Gasteiger partial charge in [0.25, 0.3) is 21.6 Å². The molecule has 0 radical (unpaired) electrons. The smallest absolute Gasteiger partial charge is 0.293 e. The van der Waals surface area contributed by atoms with Crippen LogP contribution in [0.15, 0.2) is 102 Å². The number of nitro groups is 1. The quantitative estimate of drug-likeness (QED) is 0.0778. The third-order valence-corrected chi connectivity index (χ3v) is 17.5. The molecule has 8 heterocycles. The second-order valence-corrected chi connectivity index (χ2v) is 22.2. The monoisotopic (exact) mass is 993 g/mol. The number of ether oxygens (including phenoxy) is 3. The third kappa shape index (κ3) is 8.71. The van der Waals surface area contributed by atoms with Crippen LogP contribution in [-0.2, 0) is 19.5 Å². The van der Waals surface area contributed by atoms with E-state index in [0.29, 0.717) is 68.0 Å². The highest BCUT2D eigenvalue weighted by Gasteiger charge is 2.50. The van der Waals surface area contributed by atoms with Gasteiger partial charge in [-0.1, -0.05) is 30.3 Å². The number of H-pyrrole nitrogens is 1. The van der Waals surface area contributed by atoms with Gasteiger partial charge in [0.15, 0.2) is 0 Å². The number of carbonyl (C=O) groups is 1. The van der Waals surface area contributed by atoms with Gasteiger partial charge in [-0.2, -0.15) is 4.98 Å². The minimum absolute atomic E-state index is 0.106. The van der Waals surface area contributed by atoms with Crippen LogP contribution in [0.5, 0.6) is 5.88 Å². The van der Waals surface area contributed by atoms with E-state index in [1.54, 1.807) is 12.3 Å². The number of likely N-dealkylation sites (tertiary alicyclic amines) is 1. The Kier molecular flexibility index (Phi) is 12.1. The number of sulfonamides is 1. The fourth-order valence-electron chi connectivity index (χ4n) is 12.3. The molecule has 3 atom stereocenters. The number of amides is 1. The summed E-state index contributed by atoms with van der Waals surface area (Å²) in [6.45, 7) is 7.15. The lowest BCUT2D eigenvalue weighted by molar-refractivity contribution is -0.384. The van der Waals surface area contributed by atoms with Gasteiger partial charge in [-0.15, -0.1) is 0 Å². The molecule has 3 aromatic carbocycles. The molecule has 0 bridgehead atoms. The van der Waals surface area contributed by atoms with E-state index in [1.807, 2.05) is 42.2 Å². The topological polar surface area (TPSA) is 197 Å². The van der Waals surface area contributed by atoms with E-state index in [4.69, 9.17) is 24.2 Å². The summed E-state index contributed by atoms with van der Waals surface area (Å²) >= 11 is 0. The number of piperidine rings is 1. The molecule has 6 aromatic rings. The van der Waals surface area contributed by atoms with Crippen molar-refractivity contribution in [2.75, 3.05) is 67.7 Å². The van der Waals surface area contributed by atoms with Gasteiger partial charge in [-0.05, 0) is 136 Å². The third-order valence-electron chi connectivity index (χ3n) is 16.2. The highest BCUT2D eigenvalue weighted by Crippen LogP contribution is 2.55. The van der Waals surface area contributed by atoms with Crippen molar-refractivity contribution < 1.29 is 32.3 Å². The zero-order valence-corrected chi connectivity index (χ0v) is 41.1. The Bertz CT molecular complexity index is 3160. The van der Waals surface area contributed by atoms with Gasteiger partial charge in [-0.3, -0.25) is 24.8 Å². The van der Waals surface area contributed by atoms with Crippen LogP contribution in [0.4, 0.5) is 28.4 Å². The van der Waals surface area contributed by atoms with Crippen LogP contribution >= 0.6 is 0 Å². The summed E-state index contributed by atoms with van der Waals surface area (Å²) in [5.41, 5.74) is 7.46. The van der Waals surface area contributed by atoms with Crippen LogP contribution in [0.1, 0.15) is 79.0 Å². The van der Waals surface area contributed by atoms with Gasteiger partial charge < -0.3 is 34.3 Å². The standard InChI is InChI=1S/C54H59N9O8S/c1-34-6-4-9-43(57-34)40-7-2-3-8-41(40)45-10-5-21-61(45)38-29-54(30-38)18-22-60(23-19-54)37-11-13-42(46(27-37)62-48-26-36-15-20-55-51(36)58-53(48)71-50-33-70-32-49(50)62)52(64)59-72(67,68)39-12-14-44(47(28-39)63(65)66)56-31-35-16-24-69-25-17-35/h2-4,6-9,11-15,20,26-28,35,38,45,49-50,56H,5,10,16-19,21-25,29-33H2,1H3,(H,55,58)(H,59,64)/t45-,49+,50+/m0/s1. The normalized spacial score (nSPS) is 22.3. The zero-order valence-electron chi connectivity index (χ0n) is 40.3. The number of pyridine rings is 2. The van der Waals surface area contributed by atoms with Crippen LogP contribution in [-0.4, -0.2) is 110 Å². The molecule has 4 saturated heterocycles. The summed E-state index contributed by atoms with van der Waals surface area (Å²) in [5, 5.41) is 16.3. The number of anilines is 4. The van der Waals surface area contributed by atoms with Gasteiger partial charge in [0, 0.05) is 79.5 Å². The molecule has 1 amide bonds. The van der Waals surface area contributed by atoms with Gasteiger partial charge in [0.2, 0.25) is 5.88 Å². The molecular weight excluding hydrogens is 935 g/mol. The molecule has 18 heteroatoms. The number of aromatic amines is 1. The van der Waals surface area contributed by atoms with E-state index < -0.39 is 37.5 Å². The van der Waals surface area contributed by atoms with E-state index in [9.17, 15) is 23.3 Å². The van der Waals surface area contributed by atoms with Gasteiger partial charge in [-0.25, -0.2) is 13.1 Å². The van der Waals surface area contributed by atoms with E-state index >= 15 is 0 Å². The average Bonchev–Trinajstić information content (AvgIpc) is 4.18. The number of carbonyl (C=O) groups excluding carboxylic acids is 1. The Labute approximate surface area is 418 Å². The highest BCUT2D eigenvalue weighted by atomic mass is 32.2. The number of nitrogens with zero attached hydrogens (tertiary/aromatic N) is 6. The van der Waals surface area contributed by atoms with E-state index in [1.165, 1.54) is 29.7 Å². The van der Waals surface area contributed by atoms with Crippen molar-refractivity contribution in [2.24, 2.45) is 11.3 Å². The first-order valence-corrected chi connectivity index (χ1v) is 26.8. The minimum atomic E-state index is -4.60. The van der Waals surface area contributed by atoms with E-state index in [-0.39, 0.29) is 28.6 Å². The Morgan fingerprint density at radius 1 is 0.903 bits per heavy atom. The van der Waals surface area contributed by atoms with Crippen LogP contribution in [0.2, 0.25) is 0 Å². The van der Waals surface area contributed by atoms with Gasteiger partial charge in [0.05, 0.1) is 46.0 Å². The summed E-state index contributed by atoms with van der Waals surface area (Å²) in [7, 11) is -4.60. The van der Waals surface area contributed by atoms with Crippen LogP contribution in [0.25, 0.3) is 22.3 Å². The highest BCUT2D eigenvalue weighted by molar-refractivity contribution is 7.90. The first-order valence-electron chi connectivity index (χ1n) is 25.4. The second-order valence-electron chi connectivity index (χ2n) is 20.6. The summed E-state index contributed by atoms with van der Waals surface area (Å²) in [6, 6.07) is 28.7. The largest absolute Gasteiger partial charge is 0.468 e. The zero-order chi connectivity index (χ0) is 49.1. The number of aryl methyl sites for hydroxylation is 1. The number of hydrogen-bond donors (Lipinski definition) is 3. The number of rotatable bonds is 12. The van der Waals surface area contributed by atoms with Gasteiger partial charge >= 0.3 is 0 Å². The van der Waals surface area contributed by atoms with Crippen molar-refractivity contribution >= 4 is 55.4 Å². The lowest BCUT2D eigenvalue weighted by atomic mass is 9.59. The molecule has 5 fully saturated rings. The van der Waals surface area contributed by atoms with Crippen molar-refractivity contribution in [1.29, 1.82) is 0 Å². The molecule has 1 saturated carbocycles. The number of benzene rings is 3. The van der Waals surface area contributed by atoms with Crippen LogP contribution < -0.4 is 24.6 Å². The molecule has 3 N–H and O–H groups in total. The summed E-state index contributed by atoms with van der Waals surface area (Å²) < 4.78 is 48.4. The van der Waals surface area contributed by atoms with E-state index in [0.717, 1.165) is 93.1 Å². The first-order chi connectivity index (χ1) is 35.0. The molecule has 1 spiro atoms. The predicted octanol–water partition coefficient (Wildman–Crippen LogP) is 8.68. The molecular formula is C54H59N9O8S. The maximum atomic E-state index is 14.6. The molecule has 12 rings (SSSR count). The second kappa shape index (κ2) is 18.8. The summed E-state index contributed by atoms with van der Waals surface area (Å²) in [4.78, 5) is 46.0. The Hall–Kier alpha value is -6.60. The van der Waals surface area contributed by atoms with Crippen LogP contribution in [0, 0.1) is 28.4 Å². The molecule has 3 aromatic heterocycles. The lowest BCUT2D eigenvalue weighted by Crippen LogP contribution is -2.55. The predicted molar refractivity (Wildman–Crippen MR) is 273 cm³/mol.